The predicted octanol–water partition coefficient (Wildman–Crippen LogP) is 0.549. The molecule has 0 saturated carbocycles. The van der Waals surface area contributed by atoms with Crippen LogP contribution >= 0.6 is 11.8 Å². The Balaban J connectivity index is 2.90. The first kappa shape index (κ1) is 12.5. The molecular formula is C10H13N3O2S. The highest BCUT2D eigenvalue weighted by Crippen LogP contribution is 2.02. The summed E-state index contributed by atoms with van der Waals surface area (Å²) in [5.41, 5.74) is -0.183. The summed E-state index contributed by atoms with van der Waals surface area (Å²) in [4.78, 5) is 29.4. The van der Waals surface area contributed by atoms with E-state index in [-0.39, 0.29) is 17.2 Å². The number of hydrogen-bond acceptors (Lipinski definition) is 4. The van der Waals surface area contributed by atoms with Crippen molar-refractivity contribution in [3.8, 4) is 0 Å². The van der Waals surface area contributed by atoms with E-state index in [9.17, 15) is 9.59 Å². The summed E-state index contributed by atoms with van der Waals surface area (Å²) in [7, 11) is 0. The van der Waals surface area contributed by atoms with Crippen molar-refractivity contribution in [3.05, 3.63) is 40.6 Å². The second-order valence-corrected chi connectivity index (χ2v) is 3.88. The zero-order chi connectivity index (χ0) is 12.0. The van der Waals surface area contributed by atoms with Gasteiger partial charge in [-0.15, -0.1) is 6.58 Å². The highest BCUT2D eigenvalue weighted by molar-refractivity contribution is 7.97. The Kier molecular flexibility index (Phi) is 4.78. The van der Waals surface area contributed by atoms with Crippen LogP contribution in [0.1, 0.15) is 16.3 Å². The smallest absolute Gasteiger partial charge is 0.270 e. The average molecular weight is 239 g/mol. The van der Waals surface area contributed by atoms with Crippen molar-refractivity contribution in [2.24, 2.45) is 0 Å². The maximum absolute atomic E-state index is 11.5. The lowest BCUT2D eigenvalue weighted by atomic mass is 10.3. The minimum absolute atomic E-state index is 0.134. The number of thioether (sulfide) groups is 1. The molecule has 1 rings (SSSR count). The Morgan fingerprint density at radius 3 is 3.12 bits per heavy atom. The number of nitrogens with one attached hydrogen (secondary N) is 2. The number of rotatable bonds is 5. The first-order valence-corrected chi connectivity index (χ1v) is 6.05. The predicted molar refractivity (Wildman–Crippen MR) is 64.6 cm³/mol. The van der Waals surface area contributed by atoms with E-state index in [1.165, 1.54) is 17.8 Å². The summed E-state index contributed by atoms with van der Waals surface area (Å²) >= 11 is 1.52. The molecule has 1 amide bonds. The van der Waals surface area contributed by atoms with Gasteiger partial charge in [0, 0.05) is 12.6 Å². The third-order valence-electron chi connectivity index (χ3n) is 1.71. The van der Waals surface area contributed by atoms with E-state index in [0.717, 1.165) is 0 Å². The molecule has 0 spiro atoms. The van der Waals surface area contributed by atoms with Crippen LogP contribution < -0.4 is 10.9 Å². The number of amides is 1. The fourth-order valence-corrected chi connectivity index (χ4v) is 1.50. The average Bonchev–Trinajstić information content (AvgIpc) is 2.25. The molecule has 1 aromatic rings. The van der Waals surface area contributed by atoms with Gasteiger partial charge in [-0.2, -0.15) is 11.8 Å². The number of hydrogen-bond donors (Lipinski definition) is 2. The van der Waals surface area contributed by atoms with Crippen LogP contribution in [0.25, 0.3) is 0 Å². The molecule has 0 aliphatic rings. The number of aromatic nitrogens is 2. The first-order chi connectivity index (χ1) is 7.67. The zero-order valence-electron chi connectivity index (χ0n) is 8.95. The van der Waals surface area contributed by atoms with E-state index in [2.05, 4.69) is 21.9 Å². The molecule has 16 heavy (non-hydrogen) atoms. The van der Waals surface area contributed by atoms with Gasteiger partial charge in [0.05, 0.1) is 5.75 Å². The second-order valence-electron chi connectivity index (χ2n) is 3.01. The van der Waals surface area contributed by atoms with Crippen molar-refractivity contribution in [1.82, 2.24) is 15.3 Å². The number of carbonyl (C=O) groups excluding carboxylic acids is 1. The van der Waals surface area contributed by atoms with Crippen LogP contribution in [0.15, 0.2) is 23.5 Å². The minimum Gasteiger partial charge on any atom is -0.347 e. The van der Waals surface area contributed by atoms with E-state index in [1.54, 1.807) is 6.08 Å². The quantitative estimate of drug-likeness (QED) is 0.736. The summed E-state index contributed by atoms with van der Waals surface area (Å²) in [5.74, 6) is 0.703. The lowest BCUT2D eigenvalue weighted by molar-refractivity contribution is 0.0952. The lowest BCUT2D eigenvalue weighted by Gasteiger charge is -2.03. The fraction of sp³-hybridized carbons (Fsp3) is 0.300. The van der Waals surface area contributed by atoms with Gasteiger partial charge in [0.25, 0.3) is 11.5 Å². The van der Waals surface area contributed by atoms with E-state index in [4.69, 9.17) is 0 Å². The Morgan fingerprint density at radius 1 is 1.75 bits per heavy atom. The van der Waals surface area contributed by atoms with Gasteiger partial charge in [0.2, 0.25) is 0 Å². The van der Waals surface area contributed by atoms with Crippen LogP contribution in [0.3, 0.4) is 0 Å². The van der Waals surface area contributed by atoms with Crippen molar-refractivity contribution in [2.45, 2.75) is 5.75 Å². The van der Waals surface area contributed by atoms with Gasteiger partial charge in [-0.3, -0.25) is 9.59 Å². The van der Waals surface area contributed by atoms with Gasteiger partial charge in [-0.05, 0) is 6.26 Å². The SMILES string of the molecule is C=CCNC(=O)c1cc(=O)[nH]c(CSC)n1. The third-order valence-corrected chi connectivity index (χ3v) is 2.27. The molecule has 0 bridgehead atoms. The molecule has 0 fully saturated rings. The van der Waals surface area contributed by atoms with E-state index >= 15 is 0 Å². The number of carbonyl (C=O) groups is 1. The van der Waals surface area contributed by atoms with Crippen molar-refractivity contribution in [3.63, 3.8) is 0 Å². The summed E-state index contributed by atoms with van der Waals surface area (Å²) < 4.78 is 0. The molecule has 0 saturated heterocycles. The molecule has 0 radical (unpaired) electrons. The molecule has 6 heteroatoms. The Morgan fingerprint density at radius 2 is 2.50 bits per heavy atom. The Labute approximate surface area is 97.4 Å². The molecule has 0 aliphatic carbocycles. The maximum atomic E-state index is 11.5. The summed E-state index contributed by atoms with van der Waals surface area (Å²) in [6.07, 6.45) is 3.46. The molecule has 0 unspecified atom stereocenters. The number of aromatic amines is 1. The second kappa shape index (κ2) is 6.12. The van der Waals surface area contributed by atoms with Gasteiger partial charge in [-0.25, -0.2) is 4.98 Å². The molecule has 0 aromatic carbocycles. The zero-order valence-corrected chi connectivity index (χ0v) is 9.76. The summed E-state index contributed by atoms with van der Waals surface area (Å²) in [5, 5.41) is 2.57. The van der Waals surface area contributed by atoms with Crippen molar-refractivity contribution in [2.75, 3.05) is 12.8 Å². The van der Waals surface area contributed by atoms with Crippen LogP contribution in [0, 0.1) is 0 Å². The van der Waals surface area contributed by atoms with Gasteiger partial charge in [-0.1, -0.05) is 6.08 Å². The maximum Gasteiger partial charge on any atom is 0.270 e. The topological polar surface area (TPSA) is 74.8 Å². The van der Waals surface area contributed by atoms with Crippen LogP contribution in [0.4, 0.5) is 0 Å². The molecular weight excluding hydrogens is 226 g/mol. The summed E-state index contributed by atoms with van der Waals surface area (Å²) in [6, 6.07) is 1.18. The molecule has 1 heterocycles. The van der Waals surface area contributed by atoms with Gasteiger partial charge in [0.15, 0.2) is 0 Å². The molecule has 1 aromatic heterocycles. The standard InChI is InChI=1S/C10H13N3O2S/c1-3-4-11-10(15)7-5-9(14)13-8(12-7)6-16-2/h3,5H,1,4,6H2,2H3,(H,11,15)(H,12,13,14). The van der Waals surface area contributed by atoms with Crippen LogP contribution in [0.2, 0.25) is 0 Å². The van der Waals surface area contributed by atoms with E-state index in [1.807, 2.05) is 6.26 Å². The molecule has 5 nitrogen and oxygen atoms in total. The molecule has 2 N–H and O–H groups in total. The van der Waals surface area contributed by atoms with Crippen LogP contribution in [0.5, 0.6) is 0 Å². The normalized spacial score (nSPS) is 9.81. The Bertz CT molecular complexity index is 442. The molecule has 0 atom stereocenters. The van der Waals surface area contributed by atoms with E-state index in [0.29, 0.717) is 18.1 Å². The van der Waals surface area contributed by atoms with Crippen LogP contribution in [-0.4, -0.2) is 28.7 Å². The highest BCUT2D eigenvalue weighted by Gasteiger charge is 2.08. The lowest BCUT2D eigenvalue weighted by Crippen LogP contribution is -2.26. The molecule has 86 valence electrons. The van der Waals surface area contributed by atoms with Crippen molar-refractivity contribution in [1.29, 1.82) is 0 Å². The largest absolute Gasteiger partial charge is 0.347 e. The highest BCUT2D eigenvalue weighted by atomic mass is 32.2. The minimum atomic E-state index is -0.367. The Hall–Kier alpha value is -1.56. The number of nitrogens with zero attached hydrogens (tertiary/aromatic N) is 1. The fourth-order valence-electron chi connectivity index (χ4n) is 1.08. The van der Waals surface area contributed by atoms with Crippen molar-refractivity contribution >= 4 is 17.7 Å². The van der Waals surface area contributed by atoms with Crippen molar-refractivity contribution < 1.29 is 4.79 Å². The first-order valence-electron chi connectivity index (χ1n) is 4.65. The van der Waals surface area contributed by atoms with E-state index < -0.39 is 0 Å². The monoisotopic (exact) mass is 239 g/mol. The summed E-state index contributed by atoms with van der Waals surface area (Å²) in [6.45, 7) is 3.84. The third kappa shape index (κ3) is 3.54. The van der Waals surface area contributed by atoms with Gasteiger partial charge in [0.1, 0.15) is 11.5 Å². The van der Waals surface area contributed by atoms with Gasteiger partial charge >= 0.3 is 0 Å². The molecule has 0 aliphatic heterocycles. The van der Waals surface area contributed by atoms with Crippen LogP contribution in [-0.2, 0) is 5.75 Å². The van der Waals surface area contributed by atoms with Gasteiger partial charge < -0.3 is 10.3 Å². The number of H-pyrrole nitrogens is 1.